The molecule has 17 heavy (non-hydrogen) atoms. The zero-order chi connectivity index (χ0) is 12.3. The first-order valence-corrected chi connectivity index (χ1v) is 6.33. The van der Waals surface area contributed by atoms with Crippen LogP contribution in [0.15, 0.2) is 23.1 Å². The number of fused-ring (bicyclic) bond motifs is 1. The van der Waals surface area contributed by atoms with Gasteiger partial charge in [0, 0.05) is 11.4 Å². The number of anilines is 1. The molecule has 0 saturated carbocycles. The second kappa shape index (κ2) is 5.50. The van der Waals surface area contributed by atoms with Crippen LogP contribution in [-0.4, -0.2) is 17.8 Å². The summed E-state index contributed by atoms with van der Waals surface area (Å²) < 4.78 is 0. The summed E-state index contributed by atoms with van der Waals surface area (Å²) in [6.07, 6.45) is 0. The Kier molecular flexibility index (Phi) is 4.01. The third-order valence-electron chi connectivity index (χ3n) is 2.53. The van der Waals surface area contributed by atoms with Crippen molar-refractivity contribution >= 4 is 23.4 Å². The summed E-state index contributed by atoms with van der Waals surface area (Å²) in [5.41, 5.74) is 4.55. The van der Waals surface area contributed by atoms with Crippen LogP contribution in [0, 0.1) is 0 Å². The molecule has 0 aliphatic carbocycles. The molecular weight excluding hydrogens is 236 g/mol. The van der Waals surface area contributed by atoms with E-state index in [2.05, 4.69) is 22.1 Å². The van der Waals surface area contributed by atoms with E-state index in [1.54, 1.807) is 11.8 Å². The van der Waals surface area contributed by atoms with Crippen molar-refractivity contribution in [1.82, 2.24) is 10.7 Å². The van der Waals surface area contributed by atoms with Crippen LogP contribution in [0.2, 0.25) is 0 Å². The van der Waals surface area contributed by atoms with E-state index >= 15 is 0 Å². The smallest absolute Gasteiger partial charge is 0.237 e. The molecule has 2 rings (SSSR count). The highest BCUT2D eigenvalue weighted by atomic mass is 32.2. The Labute approximate surface area is 104 Å². The van der Waals surface area contributed by atoms with Crippen molar-refractivity contribution in [1.29, 1.82) is 0 Å². The van der Waals surface area contributed by atoms with Crippen molar-refractivity contribution in [2.75, 3.05) is 12.0 Å². The number of nitrogens with one attached hydrogen (secondary N) is 3. The molecule has 1 aromatic carbocycles. The molecule has 0 saturated heterocycles. The third-order valence-corrected chi connectivity index (χ3v) is 3.71. The van der Waals surface area contributed by atoms with E-state index in [1.165, 1.54) is 0 Å². The van der Waals surface area contributed by atoms with E-state index in [4.69, 9.17) is 5.84 Å². The highest BCUT2D eigenvalue weighted by Gasteiger charge is 2.22. The van der Waals surface area contributed by atoms with Crippen LogP contribution in [0.5, 0.6) is 0 Å². The summed E-state index contributed by atoms with van der Waals surface area (Å²) in [4.78, 5) is 12.7. The number of nitrogens with two attached hydrogens (primary N) is 1. The molecule has 0 bridgehead atoms. The molecule has 6 heteroatoms. The number of rotatable bonds is 4. The minimum atomic E-state index is -0.0204. The fourth-order valence-corrected chi connectivity index (χ4v) is 2.58. The minimum Gasteiger partial charge on any atom is -0.324 e. The monoisotopic (exact) mass is 252 g/mol. The molecule has 0 aromatic heterocycles. The zero-order valence-electron chi connectivity index (χ0n) is 9.62. The van der Waals surface area contributed by atoms with Crippen LogP contribution in [0.25, 0.3) is 0 Å². The lowest BCUT2D eigenvalue weighted by Crippen LogP contribution is -2.33. The average molecular weight is 252 g/mol. The standard InChI is InChI=1S/C11H16N4OS/c1-7-11(16)15-9-4-8(5-13-6-14-12)2-3-10(9)17-7/h2-4,7,13-14H,5-6,12H2,1H3,(H,15,16). The Morgan fingerprint density at radius 3 is 3.12 bits per heavy atom. The van der Waals surface area contributed by atoms with Gasteiger partial charge in [-0.15, -0.1) is 11.8 Å². The van der Waals surface area contributed by atoms with E-state index in [0.717, 1.165) is 16.1 Å². The maximum Gasteiger partial charge on any atom is 0.237 e. The van der Waals surface area contributed by atoms with E-state index < -0.39 is 0 Å². The summed E-state index contributed by atoms with van der Waals surface area (Å²) in [7, 11) is 0. The summed E-state index contributed by atoms with van der Waals surface area (Å²) in [5.74, 6) is 5.23. The van der Waals surface area contributed by atoms with Gasteiger partial charge in [0.2, 0.25) is 5.91 Å². The number of hydrogen-bond donors (Lipinski definition) is 4. The number of amides is 1. The van der Waals surface area contributed by atoms with E-state index in [0.29, 0.717) is 13.2 Å². The number of hydrogen-bond acceptors (Lipinski definition) is 5. The van der Waals surface area contributed by atoms with Gasteiger partial charge in [-0.2, -0.15) is 0 Å². The van der Waals surface area contributed by atoms with Gasteiger partial charge in [-0.3, -0.25) is 16.0 Å². The SMILES string of the molecule is CC1Sc2ccc(CNCNN)cc2NC1=O. The Balaban J connectivity index is 2.09. The lowest BCUT2D eigenvalue weighted by atomic mass is 10.2. The molecule has 5 N–H and O–H groups in total. The third kappa shape index (κ3) is 2.98. The molecule has 0 radical (unpaired) electrons. The summed E-state index contributed by atoms with van der Waals surface area (Å²) in [5, 5.41) is 6.01. The number of carbonyl (C=O) groups excluding carboxylic acids is 1. The Bertz CT molecular complexity index is 424. The number of hydrazine groups is 1. The van der Waals surface area contributed by atoms with Gasteiger partial charge >= 0.3 is 0 Å². The Morgan fingerprint density at radius 2 is 2.35 bits per heavy atom. The fraction of sp³-hybridized carbons (Fsp3) is 0.364. The second-order valence-corrected chi connectivity index (χ2v) is 5.27. The van der Waals surface area contributed by atoms with Crippen molar-refractivity contribution in [3.8, 4) is 0 Å². The molecule has 1 aliphatic heterocycles. The van der Waals surface area contributed by atoms with Crippen LogP contribution >= 0.6 is 11.8 Å². The van der Waals surface area contributed by atoms with Crippen LogP contribution in [0.3, 0.4) is 0 Å². The minimum absolute atomic E-state index is 0.0204. The normalized spacial score (nSPS) is 18.7. The quantitative estimate of drug-likeness (QED) is 0.274. The molecule has 1 aromatic rings. The summed E-state index contributed by atoms with van der Waals surface area (Å²) in [6.45, 7) is 3.17. The lowest BCUT2D eigenvalue weighted by molar-refractivity contribution is -0.115. The van der Waals surface area contributed by atoms with Crippen LogP contribution in [0.1, 0.15) is 12.5 Å². The van der Waals surface area contributed by atoms with Gasteiger partial charge in [0.15, 0.2) is 0 Å². The topological polar surface area (TPSA) is 79.2 Å². The fourth-order valence-electron chi connectivity index (χ4n) is 1.64. The van der Waals surface area contributed by atoms with E-state index in [1.807, 2.05) is 19.1 Å². The predicted molar refractivity (Wildman–Crippen MR) is 69.4 cm³/mol. The van der Waals surface area contributed by atoms with Crippen LogP contribution in [-0.2, 0) is 11.3 Å². The van der Waals surface area contributed by atoms with E-state index in [-0.39, 0.29) is 11.2 Å². The Hall–Kier alpha value is -1.08. The van der Waals surface area contributed by atoms with E-state index in [9.17, 15) is 4.79 Å². The van der Waals surface area contributed by atoms with Crippen molar-refractivity contribution < 1.29 is 4.79 Å². The highest BCUT2D eigenvalue weighted by Crippen LogP contribution is 2.35. The number of thioether (sulfide) groups is 1. The van der Waals surface area contributed by atoms with Gasteiger partial charge in [0.05, 0.1) is 17.6 Å². The molecule has 0 fully saturated rings. The molecule has 1 aliphatic rings. The van der Waals surface area contributed by atoms with Gasteiger partial charge in [-0.25, -0.2) is 5.43 Å². The van der Waals surface area contributed by atoms with Gasteiger partial charge in [0.25, 0.3) is 0 Å². The Morgan fingerprint density at radius 1 is 1.53 bits per heavy atom. The maximum absolute atomic E-state index is 11.6. The molecular formula is C11H16N4OS. The zero-order valence-corrected chi connectivity index (χ0v) is 10.4. The van der Waals surface area contributed by atoms with Crippen molar-refractivity contribution in [3.63, 3.8) is 0 Å². The number of benzene rings is 1. The second-order valence-electron chi connectivity index (χ2n) is 3.89. The van der Waals surface area contributed by atoms with Gasteiger partial charge in [-0.05, 0) is 24.6 Å². The van der Waals surface area contributed by atoms with Gasteiger partial charge < -0.3 is 5.32 Å². The molecule has 1 amide bonds. The first-order valence-electron chi connectivity index (χ1n) is 5.45. The van der Waals surface area contributed by atoms with Gasteiger partial charge in [-0.1, -0.05) is 6.07 Å². The largest absolute Gasteiger partial charge is 0.324 e. The predicted octanol–water partition coefficient (Wildman–Crippen LogP) is 0.630. The summed E-state index contributed by atoms with van der Waals surface area (Å²) >= 11 is 1.59. The van der Waals surface area contributed by atoms with Crippen LogP contribution in [0.4, 0.5) is 5.69 Å². The number of carbonyl (C=O) groups is 1. The van der Waals surface area contributed by atoms with Crippen molar-refractivity contribution in [3.05, 3.63) is 23.8 Å². The molecule has 0 spiro atoms. The van der Waals surface area contributed by atoms with Crippen LogP contribution < -0.4 is 21.9 Å². The molecule has 1 unspecified atom stereocenters. The van der Waals surface area contributed by atoms with Gasteiger partial charge in [0.1, 0.15) is 0 Å². The first kappa shape index (κ1) is 12.4. The molecule has 92 valence electrons. The lowest BCUT2D eigenvalue weighted by Gasteiger charge is -2.21. The molecule has 1 atom stereocenters. The first-order chi connectivity index (χ1) is 8.20. The van der Waals surface area contributed by atoms with Crippen molar-refractivity contribution in [2.45, 2.75) is 23.6 Å². The maximum atomic E-state index is 11.6. The average Bonchev–Trinajstić information content (AvgIpc) is 2.31. The molecule has 1 heterocycles. The highest BCUT2D eigenvalue weighted by molar-refractivity contribution is 8.00. The molecule has 5 nitrogen and oxygen atoms in total. The van der Waals surface area contributed by atoms with Crippen molar-refractivity contribution in [2.24, 2.45) is 5.84 Å². The summed E-state index contributed by atoms with van der Waals surface area (Å²) in [6, 6.07) is 6.10.